The summed E-state index contributed by atoms with van der Waals surface area (Å²) in [4.78, 5) is 11.7. The highest BCUT2D eigenvalue weighted by Crippen LogP contribution is 2.18. The fraction of sp³-hybridized carbons (Fsp3) is 0.333. The highest BCUT2D eigenvalue weighted by Gasteiger charge is 2.08. The molecule has 2 aromatic rings. The van der Waals surface area contributed by atoms with E-state index in [9.17, 15) is 4.79 Å². The zero-order valence-corrected chi connectivity index (χ0v) is 12.2. The summed E-state index contributed by atoms with van der Waals surface area (Å²) in [6.45, 7) is 2.25. The molecule has 0 aliphatic rings. The van der Waals surface area contributed by atoms with E-state index in [1.807, 2.05) is 31.6 Å². The van der Waals surface area contributed by atoms with Crippen molar-refractivity contribution in [1.29, 1.82) is 0 Å². The van der Waals surface area contributed by atoms with Crippen LogP contribution < -0.4 is 10.6 Å². The van der Waals surface area contributed by atoms with Gasteiger partial charge >= 0.3 is 0 Å². The predicted octanol–water partition coefficient (Wildman–Crippen LogP) is 1.32. The minimum absolute atomic E-state index is 0.0615. The van der Waals surface area contributed by atoms with Crippen molar-refractivity contribution < 1.29 is 9.90 Å². The lowest BCUT2D eigenvalue weighted by Crippen LogP contribution is -2.26. The van der Waals surface area contributed by atoms with Crippen LogP contribution in [0.2, 0.25) is 0 Å². The van der Waals surface area contributed by atoms with Crippen molar-refractivity contribution in [2.75, 3.05) is 18.5 Å². The molecule has 6 heteroatoms. The molecular formula is C15H20N4O2. The second kappa shape index (κ2) is 6.90. The fourth-order valence-electron chi connectivity index (χ4n) is 1.99. The Hall–Kier alpha value is -2.34. The number of aromatic nitrogens is 2. The largest absolute Gasteiger partial charge is 0.395 e. The van der Waals surface area contributed by atoms with Crippen molar-refractivity contribution in [2.24, 2.45) is 7.05 Å². The third-order valence-corrected chi connectivity index (χ3v) is 3.15. The number of amides is 1. The number of nitrogens with zero attached hydrogens (tertiary/aromatic N) is 2. The topological polar surface area (TPSA) is 79.2 Å². The second-order valence-corrected chi connectivity index (χ2v) is 4.87. The molecule has 112 valence electrons. The standard InChI is InChI=1S/C15H20N4O2/c1-11(13-9-17-19(2)10-13)18-14-5-3-12(4-6-14)15(21)16-7-8-20/h3-6,9-11,18,20H,7-8H2,1-2H3,(H,16,21). The van der Waals surface area contributed by atoms with E-state index in [2.05, 4.69) is 22.7 Å². The van der Waals surface area contributed by atoms with Crippen LogP contribution in [0.4, 0.5) is 5.69 Å². The van der Waals surface area contributed by atoms with Gasteiger partial charge in [-0.25, -0.2) is 0 Å². The van der Waals surface area contributed by atoms with Gasteiger partial charge in [-0.05, 0) is 31.2 Å². The van der Waals surface area contributed by atoms with Crippen LogP contribution >= 0.6 is 0 Å². The van der Waals surface area contributed by atoms with E-state index < -0.39 is 0 Å². The number of hydrogen-bond donors (Lipinski definition) is 3. The molecule has 1 aromatic heterocycles. The summed E-state index contributed by atoms with van der Waals surface area (Å²) >= 11 is 0. The van der Waals surface area contributed by atoms with Crippen LogP contribution in [0.25, 0.3) is 0 Å². The Morgan fingerprint density at radius 1 is 1.38 bits per heavy atom. The summed E-state index contributed by atoms with van der Waals surface area (Å²) in [6.07, 6.45) is 3.79. The van der Waals surface area contributed by atoms with E-state index in [0.717, 1.165) is 11.3 Å². The number of nitrogens with one attached hydrogen (secondary N) is 2. The number of aliphatic hydroxyl groups is 1. The van der Waals surface area contributed by atoms with Crippen LogP contribution in [0.3, 0.4) is 0 Å². The van der Waals surface area contributed by atoms with Crippen molar-refractivity contribution in [1.82, 2.24) is 15.1 Å². The van der Waals surface area contributed by atoms with E-state index in [1.54, 1.807) is 16.8 Å². The lowest BCUT2D eigenvalue weighted by Gasteiger charge is -2.14. The van der Waals surface area contributed by atoms with Gasteiger partial charge in [0, 0.05) is 36.6 Å². The average Bonchev–Trinajstić information content (AvgIpc) is 2.92. The van der Waals surface area contributed by atoms with Gasteiger partial charge in [0.2, 0.25) is 0 Å². The van der Waals surface area contributed by atoms with Gasteiger partial charge in [-0.1, -0.05) is 0 Å². The molecule has 0 radical (unpaired) electrons. The lowest BCUT2D eigenvalue weighted by atomic mass is 10.1. The SMILES string of the molecule is CC(Nc1ccc(C(=O)NCCO)cc1)c1cnn(C)c1. The van der Waals surface area contributed by atoms with Gasteiger partial charge in [0.1, 0.15) is 0 Å². The molecule has 0 saturated heterocycles. The molecule has 1 heterocycles. The first-order chi connectivity index (χ1) is 10.1. The normalized spacial score (nSPS) is 12.0. The number of carbonyl (C=O) groups is 1. The van der Waals surface area contributed by atoms with E-state index in [-0.39, 0.29) is 25.1 Å². The van der Waals surface area contributed by atoms with Crippen molar-refractivity contribution in [3.63, 3.8) is 0 Å². The molecule has 2 rings (SSSR count). The molecule has 1 atom stereocenters. The summed E-state index contributed by atoms with van der Waals surface area (Å²) < 4.78 is 1.77. The minimum Gasteiger partial charge on any atom is -0.395 e. The third kappa shape index (κ3) is 4.06. The summed E-state index contributed by atoms with van der Waals surface area (Å²) in [6, 6.07) is 7.37. The first kappa shape index (κ1) is 15.1. The third-order valence-electron chi connectivity index (χ3n) is 3.15. The van der Waals surface area contributed by atoms with Crippen LogP contribution in [0, 0.1) is 0 Å². The number of aliphatic hydroxyl groups excluding tert-OH is 1. The van der Waals surface area contributed by atoms with Gasteiger partial charge in [-0.15, -0.1) is 0 Å². The monoisotopic (exact) mass is 288 g/mol. The number of rotatable bonds is 6. The molecule has 0 saturated carbocycles. The zero-order valence-electron chi connectivity index (χ0n) is 12.2. The van der Waals surface area contributed by atoms with Gasteiger partial charge < -0.3 is 15.7 Å². The smallest absolute Gasteiger partial charge is 0.251 e. The Morgan fingerprint density at radius 3 is 2.67 bits per heavy atom. The molecule has 1 amide bonds. The Bertz CT molecular complexity index is 592. The first-order valence-electron chi connectivity index (χ1n) is 6.84. The van der Waals surface area contributed by atoms with Crippen molar-refractivity contribution in [2.45, 2.75) is 13.0 Å². The number of anilines is 1. The van der Waals surface area contributed by atoms with Crippen LogP contribution in [-0.2, 0) is 7.05 Å². The molecular weight excluding hydrogens is 268 g/mol. The minimum atomic E-state index is -0.184. The molecule has 3 N–H and O–H groups in total. The van der Waals surface area contributed by atoms with E-state index in [0.29, 0.717) is 5.56 Å². The Labute approximate surface area is 123 Å². The van der Waals surface area contributed by atoms with E-state index >= 15 is 0 Å². The Balaban J connectivity index is 1.97. The molecule has 0 aliphatic carbocycles. The molecule has 21 heavy (non-hydrogen) atoms. The number of carbonyl (C=O) groups excluding carboxylic acids is 1. The summed E-state index contributed by atoms with van der Waals surface area (Å²) in [7, 11) is 1.88. The second-order valence-electron chi connectivity index (χ2n) is 4.87. The predicted molar refractivity (Wildman–Crippen MR) is 81.1 cm³/mol. The maximum absolute atomic E-state index is 11.7. The van der Waals surface area contributed by atoms with Crippen LogP contribution in [0.1, 0.15) is 28.9 Å². The molecule has 0 spiro atoms. The highest BCUT2D eigenvalue weighted by atomic mass is 16.3. The van der Waals surface area contributed by atoms with Crippen molar-refractivity contribution >= 4 is 11.6 Å². The molecule has 0 aliphatic heterocycles. The van der Waals surface area contributed by atoms with Crippen molar-refractivity contribution in [3.8, 4) is 0 Å². The van der Waals surface area contributed by atoms with E-state index in [1.165, 1.54) is 0 Å². The van der Waals surface area contributed by atoms with Crippen LogP contribution in [0.5, 0.6) is 0 Å². The number of benzene rings is 1. The van der Waals surface area contributed by atoms with E-state index in [4.69, 9.17) is 5.11 Å². The summed E-state index contributed by atoms with van der Waals surface area (Å²) in [5.41, 5.74) is 2.61. The molecule has 1 unspecified atom stereocenters. The zero-order chi connectivity index (χ0) is 15.2. The maximum atomic E-state index is 11.7. The number of hydrogen-bond acceptors (Lipinski definition) is 4. The van der Waals surface area contributed by atoms with Gasteiger partial charge in [0.25, 0.3) is 5.91 Å². The maximum Gasteiger partial charge on any atom is 0.251 e. The Morgan fingerprint density at radius 2 is 2.10 bits per heavy atom. The van der Waals surface area contributed by atoms with Gasteiger partial charge in [-0.3, -0.25) is 9.48 Å². The molecule has 1 aromatic carbocycles. The average molecular weight is 288 g/mol. The fourth-order valence-corrected chi connectivity index (χ4v) is 1.99. The van der Waals surface area contributed by atoms with Crippen molar-refractivity contribution in [3.05, 3.63) is 47.8 Å². The van der Waals surface area contributed by atoms with Crippen LogP contribution in [-0.4, -0.2) is 33.9 Å². The van der Waals surface area contributed by atoms with Gasteiger partial charge in [0.15, 0.2) is 0 Å². The Kier molecular flexibility index (Phi) is 4.94. The summed E-state index contributed by atoms with van der Waals surface area (Å²) in [5, 5.41) is 18.8. The van der Waals surface area contributed by atoms with Gasteiger partial charge in [0.05, 0.1) is 18.8 Å². The lowest BCUT2D eigenvalue weighted by molar-refractivity contribution is 0.0945. The quantitative estimate of drug-likeness (QED) is 0.749. The molecule has 6 nitrogen and oxygen atoms in total. The molecule has 0 bridgehead atoms. The highest BCUT2D eigenvalue weighted by molar-refractivity contribution is 5.94. The van der Waals surface area contributed by atoms with Gasteiger partial charge in [-0.2, -0.15) is 5.10 Å². The van der Waals surface area contributed by atoms with Crippen LogP contribution in [0.15, 0.2) is 36.7 Å². The summed E-state index contributed by atoms with van der Waals surface area (Å²) in [5.74, 6) is -0.184. The number of aryl methyl sites for hydroxylation is 1. The molecule has 0 fully saturated rings. The first-order valence-corrected chi connectivity index (χ1v) is 6.84.